The zero-order valence-corrected chi connectivity index (χ0v) is 14.2. The monoisotopic (exact) mass is 306 g/mol. The van der Waals surface area contributed by atoms with Gasteiger partial charge in [-0.2, -0.15) is 0 Å². The van der Waals surface area contributed by atoms with Crippen molar-refractivity contribution in [3.8, 4) is 0 Å². The minimum Gasteiger partial charge on any atom is -0.348 e. The van der Waals surface area contributed by atoms with Gasteiger partial charge < -0.3 is 15.2 Å². The minimum atomic E-state index is 0.0796. The van der Waals surface area contributed by atoms with Crippen LogP contribution < -0.4 is 5.32 Å². The van der Waals surface area contributed by atoms with Gasteiger partial charge in [0, 0.05) is 37.9 Å². The number of urea groups is 1. The van der Waals surface area contributed by atoms with Crippen LogP contribution in [0.25, 0.3) is 0 Å². The first-order chi connectivity index (χ1) is 10.6. The molecule has 0 radical (unpaired) electrons. The molecular weight excluding hydrogens is 276 g/mol. The number of likely N-dealkylation sites (tertiary alicyclic amines) is 1. The van der Waals surface area contributed by atoms with Crippen molar-refractivity contribution in [3.05, 3.63) is 18.2 Å². The molecule has 0 saturated carbocycles. The Kier molecular flexibility index (Phi) is 5.86. The van der Waals surface area contributed by atoms with Crippen LogP contribution in [-0.4, -0.2) is 40.5 Å². The summed E-state index contributed by atoms with van der Waals surface area (Å²) in [4.78, 5) is 22.0. The summed E-state index contributed by atoms with van der Waals surface area (Å²) in [5, 5.41) is 3.17. The number of aromatic nitrogens is 2. The summed E-state index contributed by atoms with van der Waals surface area (Å²) in [7, 11) is 0. The lowest BCUT2D eigenvalue weighted by Crippen LogP contribution is -2.48. The van der Waals surface area contributed by atoms with E-state index in [0.29, 0.717) is 5.92 Å². The SMILES string of the molecule is CCC(CC)(CC)CNC(=O)N1CCC[C@H](c2ncc[nH]2)C1. The number of hydrogen-bond acceptors (Lipinski definition) is 2. The summed E-state index contributed by atoms with van der Waals surface area (Å²) in [6, 6.07) is 0.0796. The van der Waals surface area contributed by atoms with E-state index in [1.807, 2.05) is 11.1 Å². The van der Waals surface area contributed by atoms with Gasteiger partial charge in [0.2, 0.25) is 0 Å². The molecule has 22 heavy (non-hydrogen) atoms. The van der Waals surface area contributed by atoms with Gasteiger partial charge in [-0.3, -0.25) is 0 Å². The molecule has 1 fully saturated rings. The third-order valence-corrected chi connectivity index (χ3v) is 5.48. The highest BCUT2D eigenvalue weighted by Crippen LogP contribution is 2.29. The first kappa shape index (κ1) is 16.8. The zero-order chi connectivity index (χ0) is 16.0. The number of carbonyl (C=O) groups excluding carboxylic acids is 1. The van der Waals surface area contributed by atoms with Crippen LogP contribution in [0.2, 0.25) is 0 Å². The number of hydrogen-bond donors (Lipinski definition) is 2. The molecule has 0 unspecified atom stereocenters. The summed E-state index contributed by atoms with van der Waals surface area (Å²) in [6.45, 7) is 9.03. The summed E-state index contributed by atoms with van der Waals surface area (Å²) < 4.78 is 0. The highest BCUT2D eigenvalue weighted by Gasteiger charge is 2.28. The molecule has 1 saturated heterocycles. The third kappa shape index (κ3) is 3.81. The number of carbonyl (C=O) groups is 1. The maximum atomic E-state index is 12.5. The molecule has 124 valence electrons. The molecule has 0 aromatic carbocycles. The van der Waals surface area contributed by atoms with E-state index in [2.05, 4.69) is 36.1 Å². The highest BCUT2D eigenvalue weighted by atomic mass is 16.2. The van der Waals surface area contributed by atoms with Gasteiger partial charge in [0.05, 0.1) is 0 Å². The molecule has 1 aromatic rings. The summed E-state index contributed by atoms with van der Waals surface area (Å²) in [6.07, 6.45) is 9.10. The largest absolute Gasteiger partial charge is 0.348 e. The number of aromatic amines is 1. The molecule has 2 rings (SSSR count). The first-order valence-corrected chi connectivity index (χ1v) is 8.66. The summed E-state index contributed by atoms with van der Waals surface area (Å²) >= 11 is 0. The van der Waals surface area contributed by atoms with E-state index >= 15 is 0 Å². The van der Waals surface area contributed by atoms with E-state index in [1.54, 1.807) is 6.20 Å². The Balaban J connectivity index is 1.89. The average molecular weight is 306 g/mol. The van der Waals surface area contributed by atoms with Gasteiger partial charge in [0.15, 0.2) is 0 Å². The second-order valence-corrected chi connectivity index (χ2v) is 6.48. The second-order valence-electron chi connectivity index (χ2n) is 6.48. The number of imidazole rings is 1. The van der Waals surface area contributed by atoms with Crippen LogP contribution in [0.3, 0.4) is 0 Å². The Morgan fingerprint density at radius 1 is 1.41 bits per heavy atom. The van der Waals surface area contributed by atoms with Crippen molar-refractivity contribution >= 4 is 6.03 Å². The van der Waals surface area contributed by atoms with Gasteiger partial charge in [-0.05, 0) is 37.5 Å². The zero-order valence-electron chi connectivity index (χ0n) is 14.2. The third-order valence-electron chi connectivity index (χ3n) is 5.48. The van der Waals surface area contributed by atoms with E-state index in [4.69, 9.17) is 0 Å². The molecule has 1 aromatic heterocycles. The maximum Gasteiger partial charge on any atom is 0.317 e. The van der Waals surface area contributed by atoms with E-state index < -0.39 is 0 Å². The van der Waals surface area contributed by atoms with Crippen LogP contribution in [0.4, 0.5) is 4.79 Å². The van der Waals surface area contributed by atoms with Crippen molar-refractivity contribution in [2.45, 2.75) is 58.8 Å². The minimum absolute atomic E-state index is 0.0796. The molecule has 1 aliphatic heterocycles. The molecule has 2 amide bonds. The van der Waals surface area contributed by atoms with Gasteiger partial charge >= 0.3 is 6.03 Å². The fraction of sp³-hybridized carbons (Fsp3) is 0.765. The van der Waals surface area contributed by atoms with Crippen LogP contribution in [0.1, 0.15) is 64.6 Å². The van der Waals surface area contributed by atoms with Gasteiger partial charge in [-0.1, -0.05) is 20.8 Å². The van der Waals surface area contributed by atoms with Crippen LogP contribution >= 0.6 is 0 Å². The smallest absolute Gasteiger partial charge is 0.317 e. The predicted octanol–water partition coefficient (Wildman–Crippen LogP) is 3.52. The predicted molar refractivity (Wildman–Crippen MR) is 88.8 cm³/mol. The Hall–Kier alpha value is -1.52. The lowest BCUT2D eigenvalue weighted by Gasteiger charge is -2.35. The Labute approximate surface area is 133 Å². The maximum absolute atomic E-state index is 12.5. The Morgan fingerprint density at radius 3 is 2.73 bits per heavy atom. The molecule has 2 heterocycles. The van der Waals surface area contributed by atoms with Crippen molar-refractivity contribution in [1.29, 1.82) is 0 Å². The van der Waals surface area contributed by atoms with Crippen LogP contribution in [0.5, 0.6) is 0 Å². The first-order valence-electron chi connectivity index (χ1n) is 8.66. The van der Waals surface area contributed by atoms with Crippen molar-refractivity contribution < 1.29 is 4.79 Å². The van der Waals surface area contributed by atoms with Crippen molar-refractivity contribution in [2.24, 2.45) is 5.41 Å². The molecule has 0 aliphatic carbocycles. The standard InChI is InChI=1S/C17H30N4O/c1-4-17(5-2,6-3)13-20-16(22)21-11-7-8-14(12-21)15-18-9-10-19-15/h9-10,14H,4-8,11-13H2,1-3H3,(H,18,19)(H,20,22)/t14-/m0/s1. The van der Waals surface area contributed by atoms with Gasteiger partial charge in [0.1, 0.15) is 5.82 Å². The molecular formula is C17H30N4O. The number of rotatable bonds is 6. The van der Waals surface area contributed by atoms with E-state index in [1.165, 1.54) is 0 Å². The van der Waals surface area contributed by atoms with E-state index in [0.717, 1.165) is 57.6 Å². The van der Waals surface area contributed by atoms with E-state index in [-0.39, 0.29) is 11.4 Å². The highest BCUT2D eigenvalue weighted by molar-refractivity contribution is 5.74. The topological polar surface area (TPSA) is 61.0 Å². The Bertz CT molecular complexity index is 445. The van der Waals surface area contributed by atoms with Crippen molar-refractivity contribution in [2.75, 3.05) is 19.6 Å². The number of piperidine rings is 1. The molecule has 0 bridgehead atoms. The normalized spacial score (nSPS) is 19.2. The molecule has 0 spiro atoms. The number of nitrogens with zero attached hydrogens (tertiary/aromatic N) is 2. The van der Waals surface area contributed by atoms with Crippen molar-refractivity contribution in [3.63, 3.8) is 0 Å². The van der Waals surface area contributed by atoms with Gasteiger partial charge in [-0.15, -0.1) is 0 Å². The van der Waals surface area contributed by atoms with Crippen LogP contribution in [0.15, 0.2) is 12.4 Å². The lowest BCUT2D eigenvalue weighted by molar-refractivity contribution is 0.167. The summed E-state index contributed by atoms with van der Waals surface area (Å²) in [5.41, 5.74) is 0.242. The molecule has 2 N–H and O–H groups in total. The Morgan fingerprint density at radius 2 is 2.14 bits per heavy atom. The van der Waals surface area contributed by atoms with Crippen LogP contribution in [-0.2, 0) is 0 Å². The molecule has 5 nitrogen and oxygen atoms in total. The molecule has 1 atom stereocenters. The molecule has 1 aliphatic rings. The van der Waals surface area contributed by atoms with Crippen molar-refractivity contribution in [1.82, 2.24) is 20.2 Å². The number of nitrogens with one attached hydrogen (secondary N) is 2. The number of amides is 2. The summed E-state index contributed by atoms with van der Waals surface area (Å²) in [5.74, 6) is 1.34. The fourth-order valence-electron chi connectivity index (χ4n) is 3.39. The van der Waals surface area contributed by atoms with E-state index in [9.17, 15) is 4.79 Å². The fourth-order valence-corrected chi connectivity index (χ4v) is 3.39. The van der Waals surface area contributed by atoms with Crippen LogP contribution in [0, 0.1) is 5.41 Å². The quantitative estimate of drug-likeness (QED) is 0.845. The number of H-pyrrole nitrogens is 1. The molecule has 5 heteroatoms. The van der Waals surface area contributed by atoms with Gasteiger partial charge in [0.25, 0.3) is 0 Å². The lowest BCUT2D eigenvalue weighted by atomic mass is 9.80. The average Bonchev–Trinajstić information content (AvgIpc) is 3.11. The second kappa shape index (κ2) is 7.65. The van der Waals surface area contributed by atoms with Gasteiger partial charge in [-0.25, -0.2) is 9.78 Å².